The molecule has 0 N–H and O–H groups in total. The summed E-state index contributed by atoms with van der Waals surface area (Å²) in [6.45, 7) is 7.55. The third kappa shape index (κ3) is 3.99. The van der Waals surface area contributed by atoms with Gasteiger partial charge >= 0.3 is 11.9 Å². The van der Waals surface area contributed by atoms with Gasteiger partial charge in [-0.3, -0.25) is 9.79 Å². The highest BCUT2D eigenvalue weighted by Crippen LogP contribution is 2.42. The molecule has 0 aliphatic carbocycles. The summed E-state index contributed by atoms with van der Waals surface area (Å²) in [5.74, 6) is -2.18. The number of aliphatic imine (C=N–C) groups is 1. The predicted molar refractivity (Wildman–Crippen MR) is 109 cm³/mol. The summed E-state index contributed by atoms with van der Waals surface area (Å²) in [4.78, 5) is 34.4. The van der Waals surface area contributed by atoms with E-state index in [0.717, 1.165) is 11.3 Å². The van der Waals surface area contributed by atoms with Crippen molar-refractivity contribution in [3.8, 4) is 5.69 Å². The van der Waals surface area contributed by atoms with Crippen LogP contribution in [0.5, 0.6) is 0 Å². The molecule has 0 spiro atoms. The Balaban J connectivity index is 2.23. The minimum atomic E-state index is -0.720. The SMILES string of the molecule is CCOC(=O)C1=C(C)N=C(C)C(C(=O)OCC)C1c1ccccc1-n1ccnc1. The van der Waals surface area contributed by atoms with Gasteiger partial charge in [-0.1, -0.05) is 18.2 Å². The van der Waals surface area contributed by atoms with Crippen LogP contribution in [-0.2, 0) is 19.1 Å². The number of benzene rings is 1. The molecule has 2 atom stereocenters. The molecule has 7 heteroatoms. The van der Waals surface area contributed by atoms with Gasteiger partial charge in [-0.25, -0.2) is 9.78 Å². The van der Waals surface area contributed by atoms with Crippen molar-refractivity contribution in [2.75, 3.05) is 13.2 Å². The van der Waals surface area contributed by atoms with Crippen molar-refractivity contribution < 1.29 is 19.1 Å². The maximum atomic E-state index is 12.9. The van der Waals surface area contributed by atoms with Crippen molar-refractivity contribution >= 4 is 17.7 Å². The van der Waals surface area contributed by atoms with E-state index in [0.29, 0.717) is 17.0 Å². The lowest BCUT2D eigenvalue weighted by Crippen LogP contribution is -2.37. The molecule has 0 bridgehead atoms. The normalized spacial score (nSPS) is 19.0. The lowest BCUT2D eigenvalue weighted by atomic mass is 9.75. The molecule has 152 valence electrons. The van der Waals surface area contributed by atoms with E-state index in [2.05, 4.69) is 9.98 Å². The minimum Gasteiger partial charge on any atom is -0.465 e. The lowest BCUT2D eigenvalue weighted by molar-refractivity contribution is -0.146. The second-order valence-corrected chi connectivity index (χ2v) is 6.71. The molecule has 3 rings (SSSR count). The fourth-order valence-electron chi connectivity index (χ4n) is 3.77. The van der Waals surface area contributed by atoms with Gasteiger partial charge in [-0.05, 0) is 39.3 Å². The zero-order valence-corrected chi connectivity index (χ0v) is 17.1. The fourth-order valence-corrected chi connectivity index (χ4v) is 3.77. The molecule has 2 heterocycles. The van der Waals surface area contributed by atoms with Gasteiger partial charge in [0.1, 0.15) is 5.92 Å². The molecule has 7 nitrogen and oxygen atoms in total. The standard InChI is InChI=1S/C22H25N3O4/c1-5-28-21(26)18-14(3)24-15(4)19(22(27)29-6-2)20(18)16-9-7-8-10-17(16)25-12-11-23-13-25/h7-13,18,20H,5-6H2,1-4H3. The predicted octanol–water partition coefficient (Wildman–Crippen LogP) is 3.45. The van der Waals surface area contributed by atoms with Gasteiger partial charge < -0.3 is 14.0 Å². The van der Waals surface area contributed by atoms with Crippen LogP contribution in [0.2, 0.25) is 0 Å². The van der Waals surface area contributed by atoms with Crippen LogP contribution in [0.3, 0.4) is 0 Å². The van der Waals surface area contributed by atoms with Crippen molar-refractivity contribution in [2.45, 2.75) is 33.6 Å². The Morgan fingerprint density at radius 3 is 2.48 bits per heavy atom. The highest BCUT2D eigenvalue weighted by molar-refractivity contribution is 6.07. The Morgan fingerprint density at radius 1 is 1.10 bits per heavy atom. The van der Waals surface area contributed by atoms with Crippen LogP contribution in [0.25, 0.3) is 5.69 Å². The van der Waals surface area contributed by atoms with Crippen molar-refractivity contribution in [3.63, 3.8) is 0 Å². The van der Waals surface area contributed by atoms with Crippen LogP contribution in [0.15, 0.2) is 59.2 Å². The number of para-hydroxylation sites is 1. The number of carbonyl (C=O) groups is 2. The van der Waals surface area contributed by atoms with Gasteiger partial charge in [0.05, 0.1) is 30.8 Å². The molecule has 0 amide bonds. The van der Waals surface area contributed by atoms with Crippen molar-refractivity contribution in [1.29, 1.82) is 0 Å². The largest absolute Gasteiger partial charge is 0.465 e. The lowest BCUT2D eigenvalue weighted by Gasteiger charge is -2.32. The summed E-state index contributed by atoms with van der Waals surface area (Å²) in [5, 5.41) is 0. The van der Waals surface area contributed by atoms with Gasteiger partial charge in [0.15, 0.2) is 0 Å². The summed E-state index contributed by atoms with van der Waals surface area (Å²) in [5.41, 5.74) is 3.17. The molecule has 0 saturated carbocycles. The quantitative estimate of drug-likeness (QED) is 0.700. The van der Waals surface area contributed by atoms with E-state index in [4.69, 9.17) is 9.47 Å². The topological polar surface area (TPSA) is 82.8 Å². The molecule has 29 heavy (non-hydrogen) atoms. The Hall–Kier alpha value is -3.22. The maximum absolute atomic E-state index is 12.9. The number of rotatable bonds is 6. The smallest absolute Gasteiger partial charge is 0.336 e. The molecule has 1 aliphatic heterocycles. The van der Waals surface area contributed by atoms with Crippen molar-refractivity contribution in [2.24, 2.45) is 10.9 Å². The number of nitrogens with zero attached hydrogens (tertiary/aromatic N) is 3. The first kappa shape index (κ1) is 20.5. The van der Waals surface area contributed by atoms with Crippen LogP contribution in [-0.4, -0.2) is 40.4 Å². The average Bonchev–Trinajstić information content (AvgIpc) is 3.22. The number of allylic oxidation sites excluding steroid dienone is 1. The van der Waals surface area contributed by atoms with Crippen LogP contribution >= 0.6 is 0 Å². The van der Waals surface area contributed by atoms with E-state index < -0.39 is 23.8 Å². The number of imidazole rings is 1. The second kappa shape index (κ2) is 8.86. The van der Waals surface area contributed by atoms with Crippen LogP contribution in [0, 0.1) is 5.92 Å². The number of esters is 2. The van der Waals surface area contributed by atoms with E-state index >= 15 is 0 Å². The number of ether oxygens (including phenoxy) is 2. The minimum absolute atomic E-state index is 0.234. The Morgan fingerprint density at radius 2 is 1.83 bits per heavy atom. The van der Waals surface area contributed by atoms with Crippen molar-refractivity contribution in [1.82, 2.24) is 9.55 Å². The number of hydrogen-bond donors (Lipinski definition) is 0. The average molecular weight is 395 g/mol. The first-order chi connectivity index (χ1) is 14.0. The summed E-state index contributed by atoms with van der Waals surface area (Å²) in [6.07, 6.45) is 5.19. The van der Waals surface area contributed by atoms with E-state index in [-0.39, 0.29) is 13.2 Å². The number of aromatic nitrogens is 2. The van der Waals surface area contributed by atoms with Gasteiger partial charge in [0.25, 0.3) is 0 Å². The summed E-state index contributed by atoms with van der Waals surface area (Å²) < 4.78 is 12.5. The number of hydrogen-bond acceptors (Lipinski definition) is 6. The highest BCUT2D eigenvalue weighted by atomic mass is 16.5. The van der Waals surface area contributed by atoms with E-state index in [1.165, 1.54) is 0 Å². The molecule has 1 aromatic heterocycles. The van der Waals surface area contributed by atoms with Gasteiger partial charge in [-0.2, -0.15) is 0 Å². The van der Waals surface area contributed by atoms with Crippen LogP contribution in [0.1, 0.15) is 39.2 Å². The molecule has 2 unspecified atom stereocenters. The molecular formula is C22H25N3O4. The Bertz CT molecular complexity index is 960. The monoisotopic (exact) mass is 395 g/mol. The zero-order valence-electron chi connectivity index (χ0n) is 17.1. The molecule has 2 aromatic rings. The maximum Gasteiger partial charge on any atom is 0.336 e. The number of carbonyl (C=O) groups excluding carboxylic acids is 2. The van der Waals surface area contributed by atoms with E-state index in [1.54, 1.807) is 40.2 Å². The molecule has 1 aliphatic rings. The Labute approximate surface area is 170 Å². The second-order valence-electron chi connectivity index (χ2n) is 6.71. The summed E-state index contributed by atoms with van der Waals surface area (Å²) >= 11 is 0. The van der Waals surface area contributed by atoms with Gasteiger partial charge in [0.2, 0.25) is 0 Å². The van der Waals surface area contributed by atoms with E-state index in [1.807, 2.05) is 35.0 Å². The third-order valence-electron chi connectivity index (χ3n) is 4.92. The molecule has 0 saturated heterocycles. The third-order valence-corrected chi connectivity index (χ3v) is 4.92. The highest BCUT2D eigenvalue weighted by Gasteiger charge is 2.43. The first-order valence-electron chi connectivity index (χ1n) is 9.66. The molecule has 0 radical (unpaired) electrons. The van der Waals surface area contributed by atoms with E-state index in [9.17, 15) is 9.59 Å². The van der Waals surface area contributed by atoms with Gasteiger partial charge in [-0.15, -0.1) is 0 Å². The Kier molecular flexibility index (Phi) is 6.26. The van der Waals surface area contributed by atoms with Gasteiger partial charge in [0, 0.05) is 29.7 Å². The fraction of sp³-hybridized carbons (Fsp3) is 0.364. The van der Waals surface area contributed by atoms with Crippen molar-refractivity contribution in [3.05, 3.63) is 59.8 Å². The molecule has 0 fully saturated rings. The summed E-state index contributed by atoms with van der Waals surface area (Å²) in [6, 6.07) is 7.63. The molecule has 1 aromatic carbocycles. The first-order valence-corrected chi connectivity index (χ1v) is 9.66. The van der Waals surface area contributed by atoms with Crippen LogP contribution in [0.4, 0.5) is 0 Å². The van der Waals surface area contributed by atoms with Crippen LogP contribution < -0.4 is 0 Å². The summed E-state index contributed by atoms with van der Waals surface area (Å²) in [7, 11) is 0. The zero-order chi connectivity index (χ0) is 21.0. The molecular weight excluding hydrogens is 370 g/mol.